The monoisotopic (exact) mass is 495 g/mol. The number of nitrogens with one attached hydrogen (secondary N) is 1. The van der Waals surface area contributed by atoms with Crippen LogP contribution in [0.15, 0.2) is 39.9 Å². The number of carbonyl (C=O) groups is 1. The third-order valence-corrected chi connectivity index (χ3v) is 9.62. The number of thiophene rings is 1. The van der Waals surface area contributed by atoms with E-state index in [0.717, 1.165) is 41.0 Å². The Labute approximate surface area is 194 Å². The summed E-state index contributed by atoms with van der Waals surface area (Å²) >= 11 is 8.27. The van der Waals surface area contributed by atoms with E-state index in [9.17, 15) is 13.2 Å². The van der Waals surface area contributed by atoms with Crippen molar-refractivity contribution in [3.8, 4) is 11.3 Å². The van der Waals surface area contributed by atoms with Crippen molar-refractivity contribution in [1.29, 1.82) is 0 Å². The molecule has 1 fully saturated rings. The summed E-state index contributed by atoms with van der Waals surface area (Å²) in [4.78, 5) is 17.6. The van der Waals surface area contributed by atoms with Crippen LogP contribution in [0.2, 0.25) is 4.34 Å². The number of carbonyl (C=O) groups excluding carboxylic acids is 1. The zero-order valence-electron chi connectivity index (χ0n) is 17.1. The summed E-state index contributed by atoms with van der Waals surface area (Å²) in [5.74, 6) is -0.354. The maximum Gasteiger partial charge on any atom is 0.253 e. The van der Waals surface area contributed by atoms with Crippen molar-refractivity contribution in [3.05, 3.63) is 51.2 Å². The quantitative estimate of drug-likeness (QED) is 0.519. The molecule has 1 amide bonds. The molecule has 1 N–H and O–H groups in total. The fraction of sp³-hybridized carbons (Fsp3) is 0.333. The number of thiazole rings is 1. The van der Waals surface area contributed by atoms with Crippen LogP contribution in [-0.4, -0.2) is 36.2 Å². The second kappa shape index (κ2) is 8.99. The Balaban J connectivity index is 1.54. The third kappa shape index (κ3) is 4.70. The van der Waals surface area contributed by atoms with Gasteiger partial charge in [0.15, 0.2) is 5.13 Å². The van der Waals surface area contributed by atoms with Gasteiger partial charge in [-0.25, -0.2) is 13.4 Å². The average Bonchev–Trinajstić information content (AvgIpc) is 3.37. The van der Waals surface area contributed by atoms with E-state index in [0.29, 0.717) is 22.4 Å². The molecule has 164 valence electrons. The number of aromatic nitrogens is 1. The fourth-order valence-electron chi connectivity index (χ4n) is 3.75. The van der Waals surface area contributed by atoms with Crippen LogP contribution in [-0.2, 0) is 14.8 Å². The maximum atomic E-state index is 13.1. The van der Waals surface area contributed by atoms with Crippen LogP contribution < -0.4 is 5.32 Å². The molecule has 2 aromatic heterocycles. The second-order valence-corrected chi connectivity index (χ2v) is 12.2. The molecule has 0 aliphatic carbocycles. The zero-order valence-corrected chi connectivity index (χ0v) is 20.3. The Hall–Kier alpha value is -1.78. The molecule has 3 heterocycles. The van der Waals surface area contributed by atoms with Gasteiger partial charge in [0.25, 0.3) is 10.0 Å². The number of aryl methyl sites for hydroxylation is 2. The van der Waals surface area contributed by atoms with Crippen LogP contribution in [0.1, 0.15) is 30.4 Å². The van der Waals surface area contributed by atoms with Gasteiger partial charge in [0.05, 0.1) is 10.0 Å². The molecule has 10 heteroatoms. The number of benzene rings is 1. The molecule has 1 aliphatic rings. The lowest BCUT2D eigenvalue weighted by Crippen LogP contribution is -2.49. The second-order valence-electron chi connectivity index (χ2n) is 7.53. The lowest BCUT2D eigenvalue weighted by molar-refractivity contribution is -0.120. The van der Waals surface area contributed by atoms with Gasteiger partial charge in [-0.3, -0.25) is 4.79 Å². The first-order valence-corrected chi connectivity index (χ1v) is 13.4. The third-order valence-electron chi connectivity index (χ3n) is 5.26. The SMILES string of the molecule is Cc1ccc(-c2csc(NC(=O)C3CCCCN3S(=O)(=O)c3ccc(Cl)s3)n2)c(C)c1. The topological polar surface area (TPSA) is 79.4 Å². The Morgan fingerprint density at radius 1 is 1.23 bits per heavy atom. The molecule has 0 bridgehead atoms. The summed E-state index contributed by atoms with van der Waals surface area (Å²) in [6.07, 6.45) is 1.98. The largest absolute Gasteiger partial charge is 0.301 e. The Morgan fingerprint density at radius 3 is 2.74 bits per heavy atom. The summed E-state index contributed by atoms with van der Waals surface area (Å²) in [5, 5.41) is 5.19. The molecule has 1 aliphatic heterocycles. The van der Waals surface area contributed by atoms with Gasteiger partial charge in [-0.05, 0) is 44.4 Å². The van der Waals surface area contributed by atoms with Gasteiger partial charge >= 0.3 is 0 Å². The first kappa shape index (κ1) is 22.4. The number of amides is 1. The molecular weight excluding hydrogens is 474 g/mol. The van der Waals surface area contributed by atoms with Crippen molar-refractivity contribution in [2.75, 3.05) is 11.9 Å². The number of hydrogen-bond acceptors (Lipinski definition) is 6. The van der Waals surface area contributed by atoms with Gasteiger partial charge in [0, 0.05) is 17.5 Å². The van der Waals surface area contributed by atoms with Gasteiger partial charge in [0.1, 0.15) is 10.3 Å². The van der Waals surface area contributed by atoms with Gasteiger partial charge in [-0.1, -0.05) is 41.8 Å². The fourth-order valence-corrected chi connectivity index (χ4v) is 7.73. The molecule has 1 unspecified atom stereocenters. The van der Waals surface area contributed by atoms with E-state index < -0.39 is 16.1 Å². The van der Waals surface area contributed by atoms with Crippen molar-refractivity contribution >= 4 is 55.3 Å². The summed E-state index contributed by atoms with van der Waals surface area (Å²) in [6.45, 7) is 4.38. The molecule has 0 radical (unpaired) electrons. The van der Waals surface area contributed by atoms with Crippen molar-refractivity contribution in [1.82, 2.24) is 9.29 Å². The van der Waals surface area contributed by atoms with E-state index in [2.05, 4.69) is 16.4 Å². The van der Waals surface area contributed by atoms with Crippen LogP contribution in [0.3, 0.4) is 0 Å². The van der Waals surface area contributed by atoms with Gasteiger partial charge in [-0.2, -0.15) is 4.31 Å². The highest BCUT2D eigenvalue weighted by Gasteiger charge is 2.38. The molecule has 3 aromatic rings. The smallest absolute Gasteiger partial charge is 0.253 e. The van der Waals surface area contributed by atoms with E-state index >= 15 is 0 Å². The highest BCUT2D eigenvalue weighted by atomic mass is 35.5. The maximum absolute atomic E-state index is 13.1. The molecule has 1 saturated heterocycles. The highest BCUT2D eigenvalue weighted by Crippen LogP contribution is 2.33. The van der Waals surface area contributed by atoms with Crippen LogP contribution in [0.25, 0.3) is 11.3 Å². The number of anilines is 1. The van der Waals surface area contributed by atoms with E-state index in [1.807, 2.05) is 31.4 Å². The number of nitrogens with zero attached hydrogens (tertiary/aromatic N) is 2. The van der Waals surface area contributed by atoms with Gasteiger partial charge in [-0.15, -0.1) is 22.7 Å². The highest BCUT2D eigenvalue weighted by molar-refractivity contribution is 7.91. The normalized spacial score (nSPS) is 17.6. The molecule has 0 spiro atoms. The summed E-state index contributed by atoms with van der Waals surface area (Å²) < 4.78 is 28.1. The van der Waals surface area contributed by atoms with E-state index in [-0.39, 0.29) is 10.1 Å². The van der Waals surface area contributed by atoms with Crippen molar-refractivity contribution in [3.63, 3.8) is 0 Å². The van der Waals surface area contributed by atoms with Crippen molar-refractivity contribution in [2.45, 2.75) is 43.4 Å². The summed E-state index contributed by atoms with van der Waals surface area (Å²) in [5.41, 5.74) is 4.09. The minimum Gasteiger partial charge on any atom is -0.301 e. The molecule has 1 aromatic carbocycles. The Bertz CT molecular complexity index is 1220. The molecule has 6 nitrogen and oxygen atoms in total. The van der Waals surface area contributed by atoms with Crippen LogP contribution in [0.4, 0.5) is 5.13 Å². The first-order valence-electron chi connectivity index (χ1n) is 9.87. The predicted octanol–water partition coefficient (Wildman–Crippen LogP) is 5.32. The Morgan fingerprint density at radius 2 is 2.03 bits per heavy atom. The van der Waals surface area contributed by atoms with Crippen LogP contribution in [0.5, 0.6) is 0 Å². The zero-order chi connectivity index (χ0) is 22.2. The number of halogens is 1. The predicted molar refractivity (Wildman–Crippen MR) is 127 cm³/mol. The van der Waals surface area contributed by atoms with E-state index in [4.69, 9.17) is 11.6 Å². The lowest BCUT2D eigenvalue weighted by atomic mass is 10.0. The standard InChI is InChI=1S/C21H22ClN3O3S3/c1-13-6-7-15(14(2)11-13)16-12-29-21(23-16)24-20(26)17-5-3-4-10-25(17)31(27,28)19-9-8-18(22)30-19/h6-9,11-12,17H,3-5,10H2,1-2H3,(H,23,24,26). The van der Waals surface area contributed by atoms with E-state index in [1.165, 1.54) is 27.3 Å². The Kier molecular flexibility index (Phi) is 6.50. The van der Waals surface area contributed by atoms with Crippen molar-refractivity contribution in [2.24, 2.45) is 0 Å². The molecule has 0 saturated carbocycles. The lowest BCUT2D eigenvalue weighted by Gasteiger charge is -2.32. The first-order chi connectivity index (χ1) is 14.8. The van der Waals surface area contributed by atoms with Gasteiger partial charge in [0.2, 0.25) is 5.91 Å². The number of piperidine rings is 1. The number of rotatable bonds is 5. The molecule has 31 heavy (non-hydrogen) atoms. The number of sulfonamides is 1. The van der Waals surface area contributed by atoms with Gasteiger partial charge < -0.3 is 5.32 Å². The molecular formula is C21H22ClN3O3S3. The minimum absolute atomic E-state index is 0.156. The van der Waals surface area contributed by atoms with Crippen molar-refractivity contribution < 1.29 is 13.2 Å². The molecule has 4 rings (SSSR count). The average molecular weight is 496 g/mol. The van der Waals surface area contributed by atoms with Crippen LogP contribution in [0, 0.1) is 13.8 Å². The summed E-state index contributed by atoms with van der Waals surface area (Å²) in [6, 6.07) is 8.42. The van der Waals surface area contributed by atoms with E-state index in [1.54, 1.807) is 6.07 Å². The minimum atomic E-state index is -3.79. The summed E-state index contributed by atoms with van der Waals surface area (Å²) in [7, 11) is -3.79. The number of hydrogen-bond donors (Lipinski definition) is 1. The molecule has 1 atom stereocenters. The van der Waals surface area contributed by atoms with Crippen LogP contribution >= 0.6 is 34.3 Å².